The molecule has 0 radical (unpaired) electrons. The van der Waals surface area contributed by atoms with E-state index >= 15 is 0 Å². The second-order valence-corrected chi connectivity index (χ2v) is 5.67. The second kappa shape index (κ2) is 8.18. The Balaban J connectivity index is 2.26. The van der Waals surface area contributed by atoms with Gasteiger partial charge in [0.1, 0.15) is 5.82 Å². The summed E-state index contributed by atoms with van der Waals surface area (Å²) in [4.78, 5) is 4.89. The molecule has 3 nitrogen and oxygen atoms in total. The maximum atomic E-state index is 4.89. The predicted octanol–water partition coefficient (Wildman–Crippen LogP) is 3.94. The third-order valence-electron chi connectivity index (χ3n) is 4.06. The summed E-state index contributed by atoms with van der Waals surface area (Å²) in [7, 11) is 0. The average Bonchev–Trinajstić information content (AvgIpc) is 2.85. The van der Waals surface area contributed by atoms with E-state index < -0.39 is 0 Å². The Morgan fingerprint density at radius 1 is 1.14 bits per heavy atom. The van der Waals surface area contributed by atoms with Crippen molar-refractivity contribution in [2.75, 3.05) is 13.1 Å². The van der Waals surface area contributed by atoms with Crippen molar-refractivity contribution in [2.45, 2.75) is 59.4 Å². The molecular formula is C18H29N3. The van der Waals surface area contributed by atoms with Crippen LogP contribution in [0.15, 0.2) is 18.2 Å². The van der Waals surface area contributed by atoms with Crippen LogP contribution in [0.4, 0.5) is 0 Å². The van der Waals surface area contributed by atoms with Gasteiger partial charge in [0.25, 0.3) is 0 Å². The van der Waals surface area contributed by atoms with Gasteiger partial charge in [0.05, 0.1) is 11.0 Å². The van der Waals surface area contributed by atoms with Crippen molar-refractivity contribution in [3.8, 4) is 0 Å². The van der Waals surface area contributed by atoms with E-state index in [1.807, 2.05) is 0 Å². The van der Waals surface area contributed by atoms with Crippen LogP contribution in [0, 0.1) is 0 Å². The number of benzene rings is 1. The molecule has 1 N–H and O–H groups in total. The minimum Gasteiger partial charge on any atom is -0.328 e. The molecule has 0 unspecified atom stereocenters. The van der Waals surface area contributed by atoms with E-state index in [1.165, 1.54) is 36.2 Å². The molecule has 0 saturated carbocycles. The summed E-state index contributed by atoms with van der Waals surface area (Å²) in [6.07, 6.45) is 5.88. The molecule has 2 aromatic rings. The van der Waals surface area contributed by atoms with Gasteiger partial charge in [0, 0.05) is 19.5 Å². The summed E-state index contributed by atoms with van der Waals surface area (Å²) >= 11 is 0. The van der Waals surface area contributed by atoms with Gasteiger partial charge in [-0.1, -0.05) is 39.7 Å². The van der Waals surface area contributed by atoms with Crippen molar-refractivity contribution in [3.05, 3.63) is 29.6 Å². The first-order chi connectivity index (χ1) is 10.3. The molecule has 0 aliphatic heterocycles. The number of aromatic nitrogens is 2. The van der Waals surface area contributed by atoms with E-state index in [4.69, 9.17) is 4.98 Å². The first-order valence-corrected chi connectivity index (χ1v) is 8.48. The Morgan fingerprint density at radius 3 is 2.71 bits per heavy atom. The molecule has 1 aromatic heterocycles. The first-order valence-electron chi connectivity index (χ1n) is 8.48. The minimum absolute atomic E-state index is 1.01. The van der Waals surface area contributed by atoms with Crippen LogP contribution in [-0.2, 0) is 19.4 Å². The standard InChI is InChI=1S/C18H29N3/c1-4-7-8-13-21-17-10-9-15(5-2)14-16(17)20-18(21)11-12-19-6-3/h9-10,14,19H,4-8,11-13H2,1-3H3. The Morgan fingerprint density at radius 2 is 2.00 bits per heavy atom. The summed E-state index contributed by atoms with van der Waals surface area (Å²) < 4.78 is 2.43. The van der Waals surface area contributed by atoms with Crippen LogP contribution in [0.1, 0.15) is 51.4 Å². The number of nitrogens with zero attached hydrogens (tertiary/aromatic N) is 2. The zero-order chi connectivity index (χ0) is 15.1. The smallest absolute Gasteiger partial charge is 0.111 e. The fraction of sp³-hybridized carbons (Fsp3) is 0.611. The Labute approximate surface area is 128 Å². The summed E-state index contributed by atoms with van der Waals surface area (Å²) in [5.41, 5.74) is 3.84. The number of fused-ring (bicyclic) bond motifs is 1. The van der Waals surface area contributed by atoms with Gasteiger partial charge in [0.15, 0.2) is 0 Å². The first kappa shape index (κ1) is 16.0. The number of rotatable bonds is 9. The SMILES string of the molecule is CCCCCn1c(CCNCC)nc2cc(CC)ccc21. The van der Waals surface area contributed by atoms with Crippen LogP contribution >= 0.6 is 0 Å². The number of nitrogens with one attached hydrogen (secondary N) is 1. The van der Waals surface area contributed by atoms with Gasteiger partial charge >= 0.3 is 0 Å². The summed E-state index contributed by atoms with van der Waals surface area (Å²) in [5, 5.41) is 3.40. The van der Waals surface area contributed by atoms with Gasteiger partial charge in [-0.2, -0.15) is 0 Å². The topological polar surface area (TPSA) is 29.9 Å². The Kier molecular flexibility index (Phi) is 6.24. The molecular weight excluding hydrogens is 258 g/mol. The number of hydrogen-bond acceptors (Lipinski definition) is 2. The van der Waals surface area contributed by atoms with Crippen LogP contribution in [0.5, 0.6) is 0 Å². The number of likely N-dealkylation sites (N-methyl/N-ethyl adjacent to an activating group) is 1. The van der Waals surface area contributed by atoms with E-state index in [0.29, 0.717) is 0 Å². The lowest BCUT2D eigenvalue weighted by Gasteiger charge is -2.09. The highest BCUT2D eigenvalue weighted by atomic mass is 15.1. The predicted molar refractivity (Wildman–Crippen MR) is 90.9 cm³/mol. The molecule has 0 amide bonds. The van der Waals surface area contributed by atoms with Crippen molar-refractivity contribution in [1.29, 1.82) is 0 Å². The van der Waals surface area contributed by atoms with Crippen LogP contribution in [-0.4, -0.2) is 22.6 Å². The van der Waals surface area contributed by atoms with Crippen molar-refractivity contribution < 1.29 is 0 Å². The molecule has 3 heteroatoms. The van der Waals surface area contributed by atoms with Gasteiger partial charge in [-0.15, -0.1) is 0 Å². The number of unbranched alkanes of at least 4 members (excludes halogenated alkanes) is 2. The van der Waals surface area contributed by atoms with E-state index in [1.54, 1.807) is 0 Å². The molecule has 0 saturated heterocycles. The molecule has 0 aliphatic rings. The maximum absolute atomic E-state index is 4.89. The Hall–Kier alpha value is -1.35. The van der Waals surface area contributed by atoms with Gasteiger partial charge in [-0.3, -0.25) is 0 Å². The van der Waals surface area contributed by atoms with Crippen molar-refractivity contribution in [1.82, 2.24) is 14.9 Å². The van der Waals surface area contributed by atoms with Gasteiger partial charge in [0.2, 0.25) is 0 Å². The molecule has 1 aromatic carbocycles. The fourth-order valence-corrected chi connectivity index (χ4v) is 2.78. The highest BCUT2D eigenvalue weighted by molar-refractivity contribution is 5.77. The van der Waals surface area contributed by atoms with Crippen molar-refractivity contribution in [2.24, 2.45) is 0 Å². The summed E-state index contributed by atoms with van der Waals surface area (Å²) in [5.74, 6) is 1.23. The lowest BCUT2D eigenvalue weighted by Crippen LogP contribution is -2.18. The monoisotopic (exact) mass is 287 g/mol. The van der Waals surface area contributed by atoms with Crippen molar-refractivity contribution >= 4 is 11.0 Å². The molecule has 21 heavy (non-hydrogen) atoms. The van der Waals surface area contributed by atoms with Crippen molar-refractivity contribution in [3.63, 3.8) is 0 Å². The lowest BCUT2D eigenvalue weighted by atomic mass is 10.1. The number of hydrogen-bond donors (Lipinski definition) is 1. The van der Waals surface area contributed by atoms with Gasteiger partial charge < -0.3 is 9.88 Å². The van der Waals surface area contributed by atoms with Crippen LogP contribution in [0.2, 0.25) is 0 Å². The fourth-order valence-electron chi connectivity index (χ4n) is 2.78. The molecule has 1 heterocycles. The molecule has 116 valence electrons. The largest absolute Gasteiger partial charge is 0.328 e. The van der Waals surface area contributed by atoms with Gasteiger partial charge in [-0.05, 0) is 37.1 Å². The zero-order valence-corrected chi connectivity index (χ0v) is 13.8. The minimum atomic E-state index is 1.01. The quantitative estimate of drug-likeness (QED) is 0.708. The Bertz CT molecular complexity index is 557. The summed E-state index contributed by atoms with van der Waals surface area (Å²) in [6.45, 7) is 9.73. The normalized spacial score (nSPS) is 11.4. The zero-order valence-electron chi connectivity index (χ0n) is 13.8. The second-order valence-electron chi connectivity index (χ2n) is 5.67. The van der Waals surface area contributed by atoms with E-state index in [9.17, 15) is 0 Å². The maximum Gasteiger partial charge on any atom is 0.111 e. The molecule has 0 spiro atoms. The summed E-state index contributed by atoms with van der Waals surface area (Å²) in [6, 6.07) is 6.75. The van der Waals surface area contributed by atoms with Crippen LogP contribution < -0.4 is 5.32 Å². The highest BCUT2D eigenvalue weighted by Gasteiger charge is 2.10. The molecule has 0 aliphatic carbocycles. The molecule has 0 bridgehead atoms. The third-order valence-corrected chi connectivity index (χ3v) is 4.06. The number of imidazole rings is 1. The van der Waals surface area contributed by atoms with E-state index in [-0.39, 0.29) is 0 Å². The van der Waals surface area contributed by atoms with E-state index in [0.717, 1.165) is 38.0 Å². The van der Waals surface area contributed by atoms with Gasteiger partial charge in [-0.25, -0.2) is 4.98 Å². The van der Waals surface area contributed by atoms with Crippen LogP contribution in [0.25, 0.3) is 11.0 Å². The van der Waals surface area contributed by atoms with Crippen LogP contribution in [0.3, 0.4) is 0 Å². The highest BCUT2D eigenvalue weighted by Crippen LogP contribution is 2.20. The average molecular weight is 287 g/mol. The molecule has 0 atom stereocenters. The molecule has 2 rings (SSSR count). The van der Waals surface area contributed by atoms with E-state index in [2.05, 4.69) is 48.9 Å². The molecule has 0 fully saturated rings. The lowest BCUT2D eigenvalue weighted by molar-refractivity contribution is 0.581. The third kappa shape index (κ3) is 4.07. The number of aryl methyl sites for hydroxylation is 2.